The molecule has 120 valence electrons. The first-order chi connectivity index (χ1) is 11.7. The molecular weight excluding hydrogens is 304 g/mol. The van der Waals surface area contributed by atoms with Crippen LogP contribution in [0.4, 0.5) is 11.6 Å². The number of nitriles is 1. The number of anilines is 2. The number of pyridine rings is 1. The van der Waals surface area contributed by atoms with E-state index in [-0.39, 0.29) is 0 Å². The van der Waals surface area contributed by atoms with Crippen molar-refractivity contribution in [3.63, 3.8) is 0 Å². The van der Waals surface area contributed by atoms with Crippen molar-refractivity contribution >= 4 is 17.4 Å². The summed E-state index contributed by atoms with van der Waals surface area (Å²) in [5.41, 5.74) is 1.51. The molecule has 0 bridgehead atoms. The molecule has 0 amide bonds. The zero-order valence-corrected chi connectivity index (χ0v) is 13.3. The number of rotatable bonds is 2. The van der Waals surface area contributed by atoms with Gasteiger partial charge in [-0.1, -0.05) is 0 Å². The van der Waals surface area contributed by atoms with Gasteiger partial charge in [-0.3, -0.25) is 0 Å². The van der Waals surface area contributed by atoms with Crippen molar-refractivity contribution in [2.45, 2.75) is 6.92 Å². The van der Waals surface area contributed by atoms with Crippen molar-refractivity contribution in [1.29, 1.82) is 5.26 Å². The Morgan fingerprint density at radius 1 is 1.08 bits per heavy atom. The highest BCUT2D eigenvalue weighted by Crippen LogP contribution is 2.20. The summed E-state index contributed by atoms with van der Waals surface area (Å²) in [7, 11) is 0. The minimum atomic E-state index is 0.582. The first-order valence-electron chi connectivity index (χ1n) is 7.78. The van der Waals surface area contributed by atoms with Crippen LogP contribution in [-0.2, 0) is 0 Å². The average Bonchev–Trinajstić information content (AvgIpc) is 3.09. The molecule has 8 heteroatoms. The molecule has 3 aromatic rings. The lowest BCUT2D eigenvalue weighted by atomic mass is 10.2. The second-order valence-electron chi connectivity index (χ2n) is 5.72. The molecule has 4 heterocycles. The molecule has 0 spiro atoms. The topological polar surface area (TPSA) is 86.2 Å². The van der Waals surface area contributed by atoms with E-state index < -0.39 is 0 Å². The van der Waals surface area contributed by atoms with Gasteiger partial charge in [-0.2, -0.15) is 19.9 Å². The van der Waals surface area contributed by atoms with Gasteiger partial charge in [0.05, 0.1) is 5.56 Å². The molecule has 0 aliphatic carbocycles. The minimum absolute atomic E-state index is 0.582. The van der Waals surface area contributed by atoms with Gasteiger partial charge in [0.15, 0.2) is 0 Å². The van der Waals surface area contributed by atoms with Crippen LogP contribution in [0, 0.1) is 18.3 Å². The maximum Gasteiger partial charge on any atom is 0.254 e. The first kappa shape index (κ1) is 14.4. The highest BCUT2D eigenvalue weighted by Gasteiger charge is 2.21. The molecule has 0 saturated carbocycles. The van der Waals surface area contributed by atoms with Crippen LogP contribution in [0.5, 0.6) is 0 Å². The van der Waals surface area contributed by atoms with E-state index in [0.717, 1.165) is 43.5 Å². The molecule has 1 aliphatic rings. The number of hydrogen-bond acceptors (Lipinski definition) is 7. The zero-order valence-electron chi connectivity index (χ0n) is 13.3. The number of piperazine rings is 1. The van der Waals surface area contributed by atoms with Crippen LogP contribution < -0.4 is 9.80 Å². The summed E-state index contributed by atoms with van der Waals surface area (Å²) in [4.78, 5) is 17.5. The molecule has 1 saturated heterocycles. The summed E-state index contributed by atoms with van der Waals surface area (Å²) >= 11 is 0. The van der Waals surface area contributed by atoms with Crippen LogP contribution in [0.3, 0.4) is 0 Å². The van der Waals surface area contributed by atoms with Gasteiger partial charge in [0.25, 0.3) is 5.78 Å². The maximum absolute atomic E-state index is 8.86. The summed E-state index contributed by atoms with van der Waals surface area (Å²) < 4.78 is 1.78. The predicted octanol–water partition coefficient (Wildman–Crippen LogP) is 1.03. The van der Waals surface area contributed by atoms with Gasteiger partial charge in [0.2, 0.25) is 0 Å². The molecule has 1 aliphatic heterocycles. The predicted molar refractivity (Wildman–Crippen MR) is 88.9 cm³/mol. The van der Waals surface area contributed by atoms with Gasteiger partial charge in [0.1, 0.15) is 24.0 Å². The number of fused-ring (bicyclic) bond motifs is 1. The van der Waals surface area contributed by atoms with Crippen molar-refractivity contribution in [3.05, 3.63) is 42.0 Å². The van der Waals surface area contributed by atoms with Crippen molar-refractivity contribution in [2.75, 3.05) is 36.0 Å². The van der Waals surface area contributed by atoms with Crippen LogP contribution in [0.1, 0.15) is 11.3 Å². The number of aromatic nitrogens is 5. The number of nitrogens with zero attached hydrogens (tertiary/aromatic N) is 8. The molecule has 3 aromatic heterocycles. The van der Waals surface area contributed by atoms with Crippen LogP contribution in [0.15, 0.2) is 30.7 Å². The Hall–Kier alpha value is -3.21. The van der Waals surface area contributed by atoms with Crippen LogP contribution >= 0.6 is 0 Å². The maximum atomic E-state index is 8.86. The fourth-order valence-corrected chi connectivity index (χ4v) is 2.94. The van der Waals surface area contributed by atoms with E-state index in [4.69, 9.17) is 5.26 Å². The summed E-state index contributed by atoms with van der Waals surface area (Å²) in [6.45, 7) is 5.40. The zero-order chi connectivity index (χ0) is 16.5. The molecule has 1 fully saturated rings. The third-order valence-electron chi connectivity index (χ3n) is 4.17. The first-order valence-corrected chi connectivity index (χ1v) is 7.78. The Kier molecular flexibility index (Phi) is 3.46. The fourth-order valence-electron chi connectivity index (χ4n) is 2.94. The van der Waals surface area contributed by atoms with E-state index in [1.807, 2.05) is 19.1 Å². The molecule has 0 atom stereocenters. The van der Waals surface area contributed by atoms with Crippen LogP contribution in [0.2, 0.25) is 0 Å². The Labute approximate surface area is 139 Å². The van der Waals surface area contributed by atoms with Gasteiger partial charge in [-0.25, -0.2) is 9.97 Å². The van der Waals surface area contributed by atoms with Crippen molar-refractivity contribution in [3.8, 4) is 6.07 Å². The van der Waals surface area contributed by atoms with E-state index in [2.05, 4.69) is 35.9 Å². The fraction of sp³-hybridized carbons (Fsp3) is 0.312. The lowest BCUT2D eigenvalue weighted by Crippen LogP contribution is -2.47. The summed E-state index contributed by atoms with van der Waals surface area (Å²) in [5.74, 6) is 2.55. The second kappa shape index (κ2) is 5.77. The van der Waals surface area contributed by atoms with Gasteiger partial charge in [0, 0.05) is 44.1 Å². The highest BCUT2D eigenvalue weighted by molar-refractivity contribution is 5.50. The quantitative estimate of drug-likeness (QED) is 0.697. The van der Waals surface area contributed by atoms with Crippen LogP contribution in [-0.4, -0.2) is 50.7 Å². The Morgan fingerprint density at radius 3 is 2.58 bits per heavy atom. The molecule has 24 heavy (non-hydrogen) atoms. The Bertz CT molecular complexity index is 900. The largest absolute Gasteiger partial charge is 0.353 e. The highest BCUT2D eigenvalue weighted by atomic mass is 15.4. The third kappa shape index (κ3) is 2.50. The van der Waals surface area contributed by atoms with Gasteiger partial charge >= 0.3 is 0 Å². The Balaban J connectivity index is 1.53. The Morgan fingerprint density at radius 2 is 1.88 bits per heavy atom. The minimum Gasteiger partial charge on any atom is -0.353 e. The summed E-state index contributed by atoms with van der Waals surface area (Å²) in [6.07, 6.45) is 3.15. The number of hydrogen-bond donors (Lipinski definition) is 0. The SMILES string of the molecule is Cc1cc(N2CCN(c3ccc(C#N)cn3)CC2)n2ncnc2n1. The molecular formula is C16H16N8. The van der Waals surface area contributed by atoms with E-state index >= 15 is 0 Å². The molecule has 0 N–H and O–H groups in total. The standard InChI is InChI=1S/C16H16N8/c1-12-8-15(24-16(21-12)19-11-20-24)23-6-4-22(5-7-23)14-3-2-13(9-17)10-18-14/h2-3,8,10-11H,4-7H2,1H3. The summed E-state index contributed by atoms with van der Waals surface area (Å²) in [6, 6.07) is 7.84. The smallest absolute Gasteiger partial charge is 0.254 e. The van der Waals surface area contributed by atoms with E-state index in [1.165, 1.54) is 6.33 Å². The van der Waals surface area contributed by atoms with E-state index in [0.29, 0.717) is 11.3 Å². The van der Waals surface area contributed by atoms with Gasteiger partial charge < -0.3 is 9.80 Å². The lowest BCUT2D eigenvalue weighted by Gasteiger charge is -2.36. The van der Waals surface area contributed by atoms with Crippen molar-refractivity contribution < 1.29 is 0 Å². The number of aryl methyl sites for hydroxylation is 1. The molecule has 0 unspecified atom stereocenters. The third-order valence-corrected chi connectivity index (χ3v) is 4.17. The normalized spacial score (nSPS) is 14.8. The lowest BCUT2D eigenvalue weighted by molar-refractivity contribution is 0.633. The summed E-state index contributed by atoms with van der Waals surface area (Å²) in [5, 5.41) is 13.1. The second-order valence-corrected chi connectivity index (χ2v) is 5.72. The molecule has 0 radical (unpaired) electrons. The van der Waals surface area contributed by atoms with Crippen molar-refractivity contribution in [1.82, 2.24) is 24.6 Å². The van der Waals surface area contributed by atoms with E-state index in [9.17, 15) is 0 Å². The average molecular weight is 320 g/mol. The van der Waals surface area contributed by atoms with Crippen LogP contribution in [0.25, 0.3) is 5.78 Å². The molecule has 4 rings (SSSR count). The van der Waals surface area contributed by atoms with Crippen molar-refractivity contribution in [2.24, 2.45) is 0 Å². The van der Waals surface area contributed by atoms with Gasteiger partial charge in [-0.15, -0.1) is 0 Å². The van der Waals surface area contributed by atoms with E-state index in [1.54, 1.807) is 16.8 Å². The van der Waals surface area contributed by atoms with Gasteiger partial charge in [-0.05, 0) is 19.1 Å². The molecule has 8 nitrogen and oxygen atoms in total. The monoisotopic (exact) mass is 320 g/mol. The molecule has 0 aromatic carbocycles.